The number of allylic oxidation sites excluding steroid dienone is 5. The van der Waals surface area contributed by atoms with Crippen LogP contribution in [0.1, 0.15) is 73.4 Å². The zero-order chi connectivity index (χ0) is 36.0. The maximum Gasteiger partial charge on any atom is 0.0543 e. The Morgan fingerprint density at radius 1 is 0.875 bits per heavy atom. The molecule has 272 valence electrons. The number of hydrogen-bond acceptors (Lipinski definition) is 7. The Bertz CT molecular complexity index is 1050. The molecule has 48 heavy (non-hydrogen) atoms. The Balaban J connectivity index is 0.00000156. The fraction of sp³-hybridized carbons (Fsp3) is 0.610. The number of pyridine rings is 1. The van der Waals surface area contributed by atoms with Gasteiger partial charge in [-0.15, -0.1) is 0 Å². The average molecular weight is 664 g/mol. The summed E-state index contributed by atoms with van der Waals surface area (Å²) < 4.78 is 0. The van der Waals surface area contributed by atoms with E-state index in [4.69, 9.17) is 5.73 Å². The summed E-state index contributed by atoms with van der Waals surface area (Å²) in [6.45, 7) is 35.1. The van der Waals surface area contributed by atoms with Crippen molar-refractivity contribution in [1.82, 2.24) is 24.6 Å². The lowest BCUT2D eigenvalue weighted by Gasteiger charge is -2.34. The second-order valence-electron chi connectivity index (χ2n) is 13.5. The van der Waals surface area contributed by atoms with E-state index in [0.717, 1.165) is 95.5 Å². The molecular weight excluding hydrogens is 591 g/mol. The van der Waals surface area contributed by atoms with Crippen molar-refractivity contribution in [3.8, 4) is 0 Å². The lowest BCUT2D eigenvalue weighted by Crippen LogP contribution is -2.47. The number of unbranched alkanes of at least 4 members (excludes halogenated alkanes) is 2. The van der Waals surface area contributed by atoms with Gasteiger partial charge in [-0.2, -0.15) is 0 Å². The molecule has 0 saturated carbocycles. The van der Waals surface area contributed by atoms with Crippen LogP contribution >= 0.6 is 0 Å². The zero-order valence-corrected chi connectivity index (χ0v) is 32.3. The molecule has 1 fully saturated rings. The van der Waals surface area contributed by atoms with E-state index in [1.807, 2.05) is 39.2 Å². The van der Waals surface area contributed by atoms with E-state index in [1.54, 1.807) is 6.08 Å². The first-order chi connectivity index (χ1) is 23.0. The van der Waals surface area contributed by atoms with Gasteiger partial charge in [0.2, 0.25) is 0 Å². The molecule has 2 rings (SSSR count). The monoisotopic (exact) mass is 664 g/mol. The summed E-state index contributed by atoms with van der Waals surface area (Å²) in [4.78, 5) is 19.2. The second-order valence-corrected chi connectivity index (χ2v) is 13.5. The van der Waals surface area contributed by atoms with Gasteiger partial charge in [-0.1, -0.05) is 110 Å². The first-order valence-electron chi connectivity index (χ1n) is 18.2. The topological polar surface area (TPSA) is 64.2 Å². The van der Waals surface area contributed by atoms with Crippen LogP contribution in [-0.4, -0.2) is 116 Å². The molecule has 0 spiro atoms. The van der Waals surface area contributed by atoms with Crippen molar-refractivity contribution < 1.29 is 0 Å². The smallest absolute Gasteiger partial charge is 0.0543 e. The molecule has 7 nitrogen and oxygen atoms in total. The molecule has 0 aliphatic carbocycles. The molecule has 1 saturated heterocycles. The average Bonchev–Trinajstić information content (AvgIpc) is 3.05. The predicted octanol–water partition coefficient (Wildman–Crippen LogP) is 7.51. The van der Waals surface area contributed by atoms with E-state index in [0.29, 0.717) is 12.0 Å². The van der Waals surface area contributed by atoms with Crippen LogP contribution in [-0.2, 0) is 6.54 Å². The van der Waals surface area contributed by atoms with Gasteiger partial charge in [-0.05, 0) is 43.0 Å². The van der Waals surface area contributed by atoms with Crippen molar-refractivity contribution in [1.29, 1.82) is 0 Å². The number of rotatable bonds is 13. The number of nitrogens with zero attached hydrogens (tertiary/aromatic N) is 6. The van der Waals surface area contributed by atoms with Crippen LogP contribution in [0.25, 0.3) is 0 Å². The highest BCUT2D eigenvalue weighted by atomic mass is 15.3. The molecule has 1 aromatic rings. The first-order valence-corrected chi connectivity index (χ1v) is 18.2. The number of aliphatic imine (C=N–C) groups is 1. The van der Waals surface area contributed by atoms with Crippen molar-refractivity contribution in [3.05, 3.63) is 91.4 Å². The maximum absolute atomic E-state index is 5.97. The highest BCUT2D eigenvalue weighted by molar-refractivity contribution is 5.96. The third-order valence-corrected chi connectivity index (χ3v) is 7.79. The zero-order valence-electron chi connectivity index (χ0n) is 32.3. The Hall–Kier alpha value is -2.68. The Morgan fingerprint density at radius 2 is 1.46 bits per heavy atom. The minimum absolute atomic E-state index is 0.370. The van der Waals surface area contributed by atoms with Crippen molar-refractivity contribution in [2.45, 2.75) is 74.3 Å². The van der Waals surface area contributed by atoms with Crippen molar-refractivity contribution in [2.75, 3.05) is 85.6 Å². The maximum atomic E-state index is 5.97. The lowest BCUT2D eigenvalue weighted by atomic mass is 9.97. The van der Waals surface area contributed by atoms with Gasteiger partial charge in [-0.25, -0.2) is 0 Å². The van der Waals surface area contributed by atoms with Gasteiger partial charge in [0.05, 0.1) is 5.69 Å². The molecule has 0 aromatic carbocycles. The van der Waals surface area contributed by atoms with Gasteiger partial charge in [0.15, 0.2) is 0 Å². The number of nitrogens with two attached hydrogens (primary N) is 1. The van der Waals surface area contributed by atoms with Gasteiger partial charge in [0.1, 0.15) is 0 Å². The molecule has 0 bridgehead atoms. The van der Waals surface area contributed by atoms with E-state index >= 15 is 0 Å². The minimum atomic E-state index is 0.370. The molecule has 0 amide bonds. The van der Waals surface area contributed by atoms with E-state index in [2.05, 4.69) is 120 Å². The SMILES string of the molecule is C/C=C\C(C)(C)C.C=C/C=C\C(=C)CN1CCN(CCN)CCN(Cc2ccccn2)CCN(CC(/C=C\C)=NC)CC1.CCCCC. The summed E-state index contributed by atoms with van der Waals surface area (Å²) in [5, 5.41) is 0. The van der Waals surface area contributed by atoms with Crippen LogP contribution in [0, 0.1) is 5.41 Å². The van der Waals surface area contributed by atoms with E-state index in [1.165, 1.54) is 19.3 Å². The molecule has 1 aliphatic rings. The Kier molecular flexibility index (Phi) is 27.6. The van der Waals surface area contributed by atoms with Crippen molar-refractivity contribution in [2.24, 2.45) is 16.1 Å². The van der Waals surface area contributed by atoms with Gasteiger partial charge in [-0.3, -0.25) is 29.6 Å². The third-order valence-electron chi connectivity index (χ3n) is 7.79. The highest BCUT2D eigenvalue weighted by Gasteiger charge is 2.18. The van der Waals surface area contributed by atoms with Crippen LogP contribution in [0.15, 0.2) is 90.7 Å². The van der Waals surface area contributed by atoms with Crippen LogP contribution in [0.3, 0.4) is 0 Å². The van der Waals surface area contributed by atoms with E-state index in [-0.39, 0.29) is 0 Å². The summed E-state index contributed by atoms with van der Waals surface area (Å²) in [6, 6.07) is 6.16. The molecule has 0 radical (unpaired) electrons. The van der Waals surface area contributed by atoms with Crippen LogP contribution < -0.4 is 5.73 Å². The second kappa shape index (κ2) is 29.3. The normalized spacial score (nSPS) is 17.0. The summed E-state index contributed by atoms with van der Waals surface area (Å²) in [5.41, 5.74) is 9.67. The molecule has 7 heteroatoms. The molecule has 1 aromatic heterocycles. The summed E-state index contributed by atoms with van der Waals surface area (Å²) in [5.74, 6) is 0. The summed E-state index contributed by atoms with van der Waals surface area (Å²) in [6.07, 6.45) is 20.2. The Morgan fingerprint density at radius 3 is 1.88 bits per heavy atom. The van der Waals surface area contributed by atoms with Crippen molar-refractivity contribution in [3.63, 3.8) is 0 Å². The standard InChI is InChI=1S/C29H47N7.C7H14.C5H12/c1-5-7-11-27(3)24-34-18-16-33(15-13-30)17-19-36(26-29-12-8-9-14-32-29)23-22-35(21-20-34)25-28(31-4)10-6-2;1-5-6-7(2,3)4;1-3-5-4-2/h5-12,14H,1,3,13,15-26,30H2,2,4H3;5-6H,1-4H3;3-5H2,1-2H3/b10-6-,11-7-,31-28?;6-5-;. The number of hydrogen-bond donors (Lipinski definition) is 1. The molecule has 1 aliphatic heterocycles. The molecule has 2 heterocycles. The largest absolute Gasteiger partial charge is 0.329 e. The molecular formula is C41H73N7. The predicted molar refractivity (Wildman–Crippen MR) is 214 cm³/mol. The fourth-order valence-electron chi connectivity index (χ4n) is 5.20. The first kappa shape index (κ1) is 45.3. The summed E-state index contributed by atoms with van der Waals surface area (Å²) in [7, 11) is 1.88. The molecule has 0 unspecified atom stereocenters. The van der Waals surface area contributed by atoms with Gasteiger partial charge in [0, 0.05) is 104 Å². The number of aromatic nitrogens is 1. The van der Waals surface area contributed by atoms with Crippen LogP contribution in [0.2, 0.25) is 0 Å². The van der Waals surface area contributed by atoms with Crippen LogP contribution in [0.4, 0.5) is 0 Å². The van der Waals surface area contributed by atoms with Gasteiger partial charge < -0.3 is 5.73 Å². The van der Waals surface area contributed by atoms with E-state index in [9.17, 15) is 0 Å². The van der Waals surface area contributed by atoms with Gasteiger partial charge in [0.25, 0.3) is 0 Å². The van der Waals surface area contributed by atoms with Crippen molar-refractivity contribution >= 4 is 5.71 Å². The van der Waals surface area contributed by atoms with E-state index < -0.39 is 0 Å². The molecule has 2 N–H and O–H groups in total. The fourth-order valence-corrected chi connectivity index (χ4v) is 5.20. The molecule has 0 atom stereocenters. The quantitative estimate of drug-likeness (QED) is 0.134. The summed E-state index contributed by atoms with van der Waals surface area (Å²) >= 11 is 0. The van der Waals surface area contributed by atoms with Crippen LogP contribution in [0.5, 0.6) is 0 Å². The van der Waals surface area contributed by atoms with Gasteiger partial charge >= 0.3 is 0 Å². The third kappa shape index (κ3) is 25.4. The Labute approximate surface area is 297 Å². The lowest BCUT2D eigenvalue weighted by molar-refractivity contribution is 0.141. The highest BCUT2D eigenvalue weighted by Crippen LogP contribution is 2.13. The minimum Gasteiger partial charge on any atom is -0.329 e.